The zero-order valence-electron chi connectivity index (χ0n) is 16.4. The maximum Gasteiger partial charge on any atom is 0.343 e. The van der Waals surface area contributed by atoms with Gasteiger partial charge in [0.2, 0.25) is 0 Å². The Bertz CT molecular complexity index is 1000. The number of hydrogen-bond donors (Lipinski definition) is 1. The van der Waals surface area contributed by atoms with Gasteiger partial charge in [-0.2, -0.15) is 0 Å². The Morgan fingerprint density at radius 2 is 1.87 bits per heavy atom. The van der Waals surface area contributed by atoms with E-state index < -0.39 is 38.2 Å². The molecule has 10 heteroatoms. The van der Waals surface area contributed by atoms with E-state index in [9.17, 15) is 21.8 Å². The number of halogens is 2. The lowest BCUT2D eigenvalue weighted by molar-refractivity contribution is 0.0467. The van der Waals surface area contributed by atoms with Crippen molar-refractivity contribution in [3.63, 3.8) is 0 Å². The number of sulfone groups is 1. The molecule has 164 valence electrons. The third-order valence-corrected chi connectivity index (χ3v) is 7.39. The van der Waals surface area contributed by atoms with Crippen LogP contribution >= 0.6 is 11.6 Å². The average Bonchev–Trinajstić information content (AvgIpc) is 2.69. The highest BCUT2D eigenvalue weighted by Crippen LogP contribution is 2.27. The third kappa shape index (κ3) is 7.37. The number of benzene rings is 2. The molecule has 2 rings (SSSR count). The summed E-state index contributed by atoms with van der Waals surface area (Å²) in [5, 5.41) is -0.132. The summed E-state index contributed by atoms with van der Waals surface area (Å²) < 4.78 is 58.0. The molecule has 0 aliphatic heterocycles. The number of rotatable bonds is 11. The van der Waals surface area contributed by atoms with Gasteiger partial charge in [-0.15, -0.1) is 0 Å². The fourth-order valence-corrected chi connectivity index (χ4v) is 5.34. The summed E-state index contributed by atoms with van der Waals surface area (Å²) in [5.41, 5.74) is 0.0942. The van der Waals surface area contributed by atoms with Crippen molar-refractivity contribution in [2.45, 2.75) is 26.4 Å². The van der Waals surface area contributed by atoms with Crippen molar-refractivity contribution in [2.75, 3.05) is 22.0 Å². The van der Waals surface area contributed by atoms with E-state index in [0.717, 1.165) is 5.56 Å². The minimum atomic E-state index is -3.18. The third-order valence-electron chi connectivity index (χ3n) is 4.03. The maximum atomic E-state index is 14.8. The van der Waals surface area contributed by atoms with Crippen LogP contribution < -0.4 is 4.72 Å². The molecule has 0 heterocycles. The smallest absolute Gasteiger partial charge is 0.343 e. The molecule has 0 bridgehead atoms. The van der Waals surface area contributed by atoms with Crippen molar-refractivity contribution in [1.82, 2.24) is 0 Å². The van der Waals surface area contributed by atoms with E-state index in [2.05, 4.69) is 4.72 Å². The Morgan fingerprint density at radius 3 is 2.53 bits per heavy atom. The molecule has 30 heavy (non-hydrogen) atoms. The molecule has 2 aromatic rings. The van der Waals surface area contributed by atoms with Crippen molar-refractivity contribution in [3.8, 4) is 0 Å². The molecule has 0 spiro atoms. The number of carbonyl (C=O) groups is 1. The molecule has 0 amide bonds. The van der Waals surface area contributed by atoms with Gasteiger partial charge in [0.25, 0.3) is 0 Å². The van der Waals surface area contributed by atoms with Crippen LogP contribution in [0.25, 0.3) is 0 Å². The second-order valence-corrected chi connectivity index (χ2v) is 10.5. The van der Waals surface area contributed by atoms with E-state index in [0.29, 0.717) is 6.42 Å². The van der Waals surface area contributed by atoms with Crippen LogP contribution in [0.1, 0.15) is 35.7 Å². The zero-order valence-corrected chi connectivity index (χ0v) is 18.8. The predicted octanol–water partition coefficient (Wildman–Crippen LogP) is 4.13. The number of nitrogens with one attached hydrogen (secondary N) is 1. The summed E-state index contributed by atoms with van der Waals surface area (Å²) >= 11 is 5.97. The summed E-state index contributed by atoms with van der Waals surface area (Å²) in [7, 11) is -4.91. The first kappa shape index (κ1) is 24.3. The van der Waals surface area contributed by atoms with Crippen LogP contribution in [0.15, 0.2) is 42.5 Å². The number of anilines is 1. The molecule has 0 saturated heterocycles. The van der Waals surface area contributed by atoms with Crippen LogP contribution in [0, 0.1) is 5.82 Å². The van der Waals surface area contributed by atoms with Gasteiger partial charge in [-0.3, -0.25) is 0 Å². The van der Waals surface area contributed by atoms with Gasteiger partial charge in [-0.05, 0) is 30.5 Å². The molecule has 2 aromatic carbocycles. The average molecular weight is 476 g/mol. The first-order chi connectivity index (χ1) is 14.2. The predicted molar refractivity (Wildman–Crippen MR) is 117 cm³/mol. The Balaban J connectivity index is 2.01. The molecule has 0 fully saturated rings. The van der Waals surface area contributed by atoms with Gasteiger partial charge in [-0.25, -0.2) is 21.8 Å². The Kier molecular flexibility index (Phi) is 9.26. The number of hydrogen-bond acceptors (Lipinski definition) is 5. The fourth-order valence-electron chi connectivity index (χ4n) is 2.61. The van der Waals surface area contributed by atoms with Crippen molar-refractivity contribution >= 4 is 44.1 Å². The molecular formula is C20H23ClFNO5S2. The normalized spacial score (nSPS) is 12.4. The van der Waals surface area contributed by atoms with Gasteiger partial charge >= 0.3 is 5.97 Å². The van der Waals surface area contributed by atoms with Crippen LogP contribution in [0.5, 0.6) is 0 Å². The minimum absolute atomic E-state index is 0.0127. The van der Waals surface area contributed by atoms with Gasteiger partial charge in [0.05, 0.1) is 16.5 Å². The van der Waals surface area contributed by atoms with Gasteiger partial charge in [0.15, 0.2) is 5.82 Å². The number of esters is 1. The molecule has 6 nitrogen and oxygen atoms in total. The van der Waals surface area contributed by atoms with E-state index in [1.807, 2.05) is 6.07 Å². The minimum Gasteiger partial charge on any atom is -0.457 e. The lowest BCUT2D eigenvalue weighted by Crippen LogP contribution is -2.17. The second kappa shape index (κ2) is 11.4. The molecule has 0 aliphatic rings. The molecule has 1 N–H and O–H groups in total. The molecule has 1 unspecified atom stereocenters. The summed E-state index contributed by atoms with van der Waals surface area (Å²) in [6.07, 6.45) is 0.686. The van der Waals surface area contributed by atoms with Gasteiger partial charge in [0, 0.05) is 11.5 Å². The molecular weight excluding hydrogens is 453 g/mol. The van der Waals surface area contributed by atoms with Crippen LogP contribution in [-0.2, 0) is 32.2 Å². The molecule has 0 saturated carbocycles. The summed E-state index contributed by atoms with van der Waals surface area (Å²) in [6, 6.07) is 11.5. The topological polar surface area (TPSA) is 89.5 Å². The molecule has 0 radical (unpaired) electrons. The lowest BCUT2D eigenvalue weighted by atomic mass is 10.2. The summed E-state index contributed by atoms with van der Waals surface area (Å²) in [6.45, 7) is 1.72. The van der Waals surface area contributed by atoms with Gasteiger partial charge < -0.3 is 9.46 Å². The summed E-state index contributed by atoms with van der Waals surface area (Å²) in [5.74, 6) is -1.92. The van der Waals surface area contributed by atoms with E-state index in [1.54, 1.807) is 31.2 Å². The van der Waals surface area contributed by atoms with Crippen LogP contribution in [0.3, 0.4) is 0 Å². The fraction of sp³-hybridized carbons (Fsp3) is 0.350. The first-order valence-corrected chi connectivity index (χ1v) is 12.8. The quantitative estimate of drug-likeness (QED) is 0.493. The summed E-state index contributed by atoms with van der Waals surface area (Å²) in [4.78, 5) is 12.3. The second-order valence-electron chi connectivity index (χ2n) is 6.50. The van der Waals surface area contributed by atoms with Crippen molar-refractivity contribution in [3.05, 3.63) is 64.4 Å². The zero-order chi connectivity index (χ0) is 22.1. The Morgan fingerprint density at radius 1 is 1.17 bits per heavy atom. The van der Waals surface area contributed by atoms with Gasteiger partial charge in [-0.1, -0.05) is 48.9 Å². The van der Waals surface area contributed by atoms with Crippen LogP contribution in [-0.4, -0.2) is 35.9 Å². The van der Waals surface area contributed by atoms with Crippen molar-refractivity contribution < 1.29 is 26.5 Å². The molecule has 1 atom stereocenters. The molecule has 0 aliphatic carbocycles. The van der Waals surface area contributed by atoms with Crippen LogP contribution in [0.4, 0.5) is 10.1 Å². The number of carbonyl (C=O) groups excluding carboxylic acids is 1. The Hall–Kier alpha value is -1.97. The van der Waals surface area contributed by atoms with Gasteiger partial charge in [0.1, 0.15) is 33.0 Å². The van der Waals surface area contributed by atoms with Crippen molar-refractivity contribution in [2.24, 2.45) is 0 Å². The lowest BCUT2D eigenvalue weighted by Gasteiger charge is -2.12. The highest BCUT2D eigenvalue weighted by Gasteiger charge is 2.22. The van der Waals surface area contributed by atoms with Crippen LogP contribution in [0.2, 0.25) is 5.02 Å². The highest BCUT2D eigenvalue weighted by molar-refractivity contribution is 7.91. The standard InChI is InChI=1S/C20H23ClFNO5S2/c1-2-12-30(26,27)13-6-11-29(25)23-17-10-9-16(21)18(19(17)22)20(24)28-14-15-7-4-3-5-8-15/h3-5,7-10,23H,2,6,11-14H2,1H3. The largest absolute Gasteiger partial charge is 0.457 e. The van der Waals surface area contributed by atoms with Crippen molar-refractivity contribution in [1.29, 1.82) is 0 Å². The first-order valence-electron chi connectivity index (χ1n) is 9.28. The maximum absolute atomic E-state index is 14.8. The monoisotopic (exact) mass is 475 g/mol. The van der Waals surface area contributed by atoms with E-state index in [-0.39, 0.29) is 41.0 Å². The van der Waals surface area contributed by atoms with E-state index in [1.165, 1.54) is 12.1 Å². The van der Waals surface area contributed by atoms with E-state index in [4.69, 9.17) is 16.3 Å². The number of ether oxygens (including phenoxy) is 1. The molecule has 0 aromatic heterocycles. The van der Waals surface area contributed by atoms with E-state index >= 15 is 0 Å². The highest BCUT2D eigenvalue weighted by atomic mass is 35.5. The Labute approximate surface area is 183 Å². The SMILES string of the molecule is CCCS(=O)(=O)CCCS(=O)Nc1ccc(Cl)c(C(=O)OCc2ccccc2)c1F.